The first-order valence-corrected chi connectivity index (χ1v) is 8.21. The number of aromatic nitrogens is 6. The van der Waals surface area contributed by atoms with Crippen molar-refractivity contribution in [3.05, 3.63) is 42.4 Å². The molecule has 4 rings (SSSR count). The van der Waals surface area contributed by atoms with Crippen LogP contribution in [-0.2, 0) is 17.8 Å². The second kappa shape index (κ2) is 6.29. The summed E-state index contributed by atoms with van der Waals surface area (Å²) in [6.07, 6.45) is 10.5. The Morgan fingerprint density at radius 2 is 2.21 bits per heavy atom. The molecule has 4 heterocycles. The van der Waals surface area contributed by atoms with E-state index in [-0.39, 0.29) is 12.1 Å². The minimum absolute atomic E-state index is 0.164. The predicted octanol–water partition coefficient (Wildman–Crippen LogP) is 1.30. The molecular formula is C16H21N7O. The van der Waals surface area contributed by atoms with E-state index in [0.717, 1.165) is 37.5 Å². The topological polar surface area (TPSA) is 73.4 Å². The molecule has 0 N–H and O–H groups in total. The zero-order valence-electron chi connectivity index (χ0n) is 13.9. The maximum atomic E-state index is 5.61. The first kappa shape index (κ1) is 15.2. The zero-order chi connectivity index (χ0) is 16.5. The average Bonchev–Trinajstić information content (AvgIpc) is 3.32. The molecule has 0 aromatic carbocycles. The predicted molar refractivity (Wildman–Crippen MR) is 87.2 cm³/mol. The number of fused-ring (bicyclic) bond motifs is 1. The summed E-state index contributed by atoms with van der Waals surface area (Å²) in [6.45, 7) is 4.67. The van der Waals surface area contributed by atoms with Crippen molar-refractivity contribution in [2.75, 3.05) is 13.7 Å². The maximum absolute atomic E-state index is 5.61. The third-order valence-electron chi connectivity index (χ3n) is 4.63. The summed E-state index contributed by atoms with van der Waals surface area (Å²) in [6, 6.07) is 0.164. The number of ether oxygens (including phenoxy) is 1. The number of aryl methyl sites for hydroxylation is 1. The minimum atomic E-state index is 0.164. The molecule has 8 heteroatoms. The van der Waals surface area contributed by atoms with Crippen LogP contribution in [0.15, 0.2) is 31.0 Å². The Morgan fingerprint density at radius 3 is 3.00 bits per heavy atom. The van der Waals surface area contributed by atoms with E-state index in [1.165, 1.54) is 5.56 Å². The number of hydrogen-bond donors (Lipinski definition) is 0. The largest absolute Gasteiger partial charge is 0.380 e. The lowest BCUT2D eigenvalue weighted by atomic mass is 10.2. The molecule has 0 radical (unpaired) electrons. The summed E-state index contributed by atoms with van der Waals surface area (Å²) in [4.78, 5) is 6.50. The molecule has 1 fully saturated rings. The molecule has 0 unspecified atom stereocenters. The van der Waals surface area contributed by atoms with Gasteiger partial charge in [0.05, 0.1) is 24.5 Å². The van der Waals surface area contributed by atoms with Crippen LogP contribution in [0, 0.1) is 0 Å². The van der Waals surface area contributed by atoms with E-state index in [1.807, 2.05) is 21.5 Å². The van der Waals surface area contributed by atoms with Crippen molar-refractivity contribution in [3.8, 4) is 0 Å². The summed E-state index contributed by atoms with van der Waals surface area (Å²) < 4.78 is 9.58. The van der Waals surface area contributed by atoms with Gasteiger partial charge in [0.1, 0.15) is 0 Å². The summed E-state index contributed by atoms with van der Waals surface area (Å²) in [5.41, 5.74) is 1.97. The molecule has 1 aliphatic rings. The summed E-state index contributed by atoms with van der Waals surface area (Å²) in [5.74, 6) is 0.940. The highest BCUT2D eigenvalue weighted by atomic mass is 16.5. The van der Waals surface area contributed by atoms with Gasteiger partial charge in [-0.2, -0.15) is 5.10 Å². The lowest BCUT2D eigenvalue weighted by Gasteiger charge is -2.22. The van der Waals surface area contributed by atoms with Crippen LogP contribution in [0.3, 0.4) is 0 Å². The van der Waals surface area contributed by atoms with Gasteiger partial charge >= 0.3 is 0 Å². The number of hydrogen-bond acceptors (Lipinski definition) is 6. The third-order valence-corrected chi connectivity index (χ3v) is 4.63. The van der Waals surface area contributed by atoms with Crippen molar-refractivity contribution in [3.63, 3.8) is 0 Å². The lowest BCUT2D eigenvalue weighted by Crippen LogP contribution is -2.25. The molecule has 0 amide bonds. The first-order valence-electron chi connectivity index (χ1n) is 8.21. The third kappa shape index (κ3) is 2.67. The Balaban J connectivity index is 1.63. The second-order valence-electron chi connectivity index (χ2n) is 6.11. The monoisotopic (exact) mass is 327 g/mol. The molecule has 3 aromatic heterocycles. The molecule has 3 aromatic rings. The van der Waals surface area contributed by atoms with Gasteiger partial charge < -0.3 is 4.74 Å². The molecule has 0 saturated carbocycles. The highest BCUT2D eigenvalue weighted by Crippen LogP contribution is 2.33. The van der Waals surface area contributed by atoms with E-state index < -0.39 is 0 Å². The molecule has 0 aliphatic carbocycles. The van der Waals surface area contributed by atoms with Gasteiger partial charge in [0, 0.05) is 50.9 Å². The first-order chi connectivity index (χ1) is 11.8. The van der Waals surface area contributed by atoms with E-state index in [0.29, 0.717) is 0 Å². The van der Waals surface area contributed by atoms with Crippen molar-refractivity contribution in [1.29, 1.82) is 0 Å². The standard InChI is InChI=1S/C16H21N7O/c1-3-22-10-12(7-18-22)9-21-11-13(24-2)6-14(21)16-20-19-15-8-17-4-5-23(15)16/h4-5,7-8,10,13-14H,3,6,9,11H2,1-2H3/t13-,14+/m1/s1. The highest BCUT2D eigenvalue weighted by molar-refractivity contribution is 5.34. The van der Waals surface area contributed by atoms with Crippen LogP contribution in [0.5, 0.6) is 0 Å². The van der Waals surface area contributed by atoms with Crippen LogP contribution >= 0.6 is 0 Å². The molecule has 1 aliphatic heterocycles. The Bertz CT molecular complexity index is 827. The molecule has 24 heavy (non-hydrogen) atoms. The highest BCUT2D eigenvalue weighted by Gasteiger charge is 2.36. The van der Waals surface area contributed by atoms with E-state index in [9.17, 15) is 0 Å². The fraction of sp³-hybridized carbons (Fsp3) is 0.500. The molecule has 126 valence electrons. The zero-order valence-corrected chi connectivity index (χ0v) is 13.9. The quantitative estimate of drug-likeness (QED) is 0.703. The Hall–Kier alpha value is -2.32. The van der Waals surface area contributed by atoms with Crippen molar-refractivity contribution in [2.24, 2.45) is 0 Å². The van der Waals surface area contributed by atoms with Crippen molar-refractivity contribution >= 4 is 5.65 Å². The number of nitrogens with zero attached hydrogens (tertiary/aromatic N) is 7. The van der Waals surface area contributed by atoms with Crippen LogP contribution in [0.4, 0.5) is 0 Å². The fourth-order valence-electron chi connectivity index (χ4n) is 3.37. The molecule has 0 bridgehead atoms. The van der Waals surface area contributed by atoms with Crippen molar-refractivity contribution < 1.29 is 4.74 Å². The van der Waals surface area contributed by atoms with Gasteiger partial charge in [0.15, 0.2) is 11.5 Å². The second-order valence-corrected chi connectivity index (χ2v) is 6.11. The van der Waals surface area contributed by atoms with Gasteiger partial charge in [0.25, 0.3) is 0 Å². The Labute approximate surface area is 140 Å². The summed E-state index contributed by atoms with van der Waals surface area (Å²) in [5, 5.41) is 13.0. The van der Waals surface area contributed by atoms with Crippen LogP contribution < -0.4 is 0 Å². The van der Waals surface area contributed by atoms with Gasteiger partial charge in [-0.05, 0) is 13.3 Å². The molecule has 0 spiro atoms. The Kier molecular flexibility index (Phi) is 3.99. The van der Waals surface area contributed by atoms with Gasteiger partial charge in [-0.25, -0.2) is 0 Å². The van der Waals surface area contributed by atoms with Crippen LogP contribution in [0.2, 0.25) is 0 Å². The van der Waals surface area contributed by atoms with E-state index in [1.54, 1.807) is 19.5 Å². The van der Waals surface area contributed by atoms with E-state index >= 15 is 0 Å². The van der Waals surface area contributed by atoms with Gasteiger partial charge in [-0.1, -0.05) is 0 Å². The number of rotatable bonds is 5. The van der Waals surface area contributed by atoms with E-state index in [4.69, 9.17) is 4.74 Å². The van der Waals surface area contributed by atoms with Gasteiger partial charge in [-0.3, -0.25) is 19.0 Å². The van der Waals surface area contributed by atoms with Gasteiger partial charge in [0.2, 0.25) is 0 Å². The SMILES string of the molecule is CCn1cc(CN2C[C@H](OC)C[C@H]2c2nnc3cnccn23)cn1. The summed E-state index contributed by atoms with van der Waals surface area (Å²) in [7, 11) is 1.77. The number of likely N-dealkylation sites (tertiary alicyclic amines) is 1. The fourth-order valence-corrected chi connectivity index (χ4v) is 3.37. The maximum Gasteiger partial charge on any atom is 0.179 e. The van der Waals surface area contributed by atoms with E-state index in [2.05, 4.69) is 38.3 Å². The number of methoxy groups -OCH3 is 1. The molecule has 8 nitrogen and oxygen atoms in total. The van der Waals surface area contributed by atoms with Crippen LogP contribution in [0.1, 0.15) is 30.8 Å². The van der Waals surface area contributed by atoms with Crippen LogP contribution in [0.25, 0.3) is 5.65 Å². The van der Waals surface area contributed by atoms with Gasteiger partial charge in [-0.15, -0.1) is 10.2 Å². The molecule has 1 saturated heterocycles. The van der Waals surface area contributed by atoms with Crippen LogP contribution in [-0.4, -0.2) is 54.0 Å². The minimum Gasteiger partial charge on any atom is -0.380 e. The Morgan fingerprint density at radius 1 is 1.29 bits per heavy atom. The van der Waals surface area contributed by atoms with Crippen molar-refractivity contribution in [2.45, 2.75) is 38.6 Å². The lowest BCUT2D eigenvalue weighted by molar-refractivity contribution is 0.107. The van der Waals surface area contributed by atoms with Crippen molar-refractivity contribution in [1.82, 2.24) is 34.3 Å². The smallest absolute Gasteiger partial charge is 0.179 e. The molecule has 2 atom stereocenters. The normalized spacial score (nSPS) is 21.8. The summed E-state index contributed by atoms with van der Waals surface area (Å²) >= 11 is 0. The average molecular weight is 327 g/mol. The molecular weight excluding hydrogens is 306 g/mol.